The van der Waals surface area contributed by atoms with E-state index in [1.54, 1.807) is 5.38 Å². The number of anilines is 1. The molecule has 2 aromatic carbocycles. The summed E-state index contributed by atoms with van der Waals surface area (Å²) in [5.41, 5.74) is -0.365. The number of sulfonamides is 1. The van der Waals surface area contributed by atoms with Crippen LogP contribution in [0.5, 0.6) is 0 Å². The van der Waals surface area contributed by atoms with Crippen LogP contribution in [0, 0.1) is 0 Å². The van der Waals surface area contributed by atoms with Crippen molar-refractivity contribution >= 4 is 36.3 Å². The molecule has 12 heteroatoms. The molecule has 30 heavy (non-hydrogen) atoms. The number of rotatable bonds is 7. The van der Waals surface area contributed by atoms with E-state index in [-0.39, 0.29) is 27.1 Å². The Kier molecular flexibility index (Phi) is 6.20. The largest absolute Gasteiger partial charge is 0.416 e. The van der Waals surface area contributed by atoms with E-state index in [2.05, 4.69) is 9.71 Å². The molecule has 1 heterocycles. The van der Waals surface area contributed by atoms with Crippen LogP contribution in [0.15, 0.2) is 69.9 Å². The number of sulfone groups is 1. The Morgan fingerprint density at radius 3 is 2.03 bits per heavy atom. The molecule has 0 bridgehead atoms. The number of hydrogen-bond acceptors (Lipinski definition) is 6. The first-order valence-electron chi connectivity index (χ1n) is 8.39. The molecule has 0 saturated carbocycles. The second kappa shape index (κ2) is 8.36. The highest BCUT2D eigenvalue weighted by atomic mass is 32.2. The molecule has 0 aliphatic carbocycles. The second-order valence-corrected chi connectivity index (χ2v) is 10.9. The van der Waals surface area contributed by atoms with Crippen molar-refractivity contribution in [2.75, 3.05) is 10.5 Å². The molecule has 0 spiro atoms. The van der Waals surface area contributed by atoms with Crippen LogP contribution in [-0.2, 0) is 32.5 Å². The molecule has 1 aromatic heterocycles. The van der Waals surface area contributed by atoms with Gasteiger partial charge in [0.2, 0.25) is 0 Å². The van der Waals surface area contributed by atoms with Crippen LogP contribution in [0.1, 0.15) is 11.1 Å². The lowest BCUT2D eigenvalue weighted by Crippen LogP contribution is -2.14. The van der Waals surface area contributed by atoms with E-state index >= 15 is 0 Å². The highest BCUT2D eigenvalue weighted by Crippen LogP contribution is 2.29. The molecule has 0 atom stereocenters. The number of nitrogens with one attached hydrogen (secondary N) is 1. The monoisotopic (exact) mass is 476 g/mol. The number of aryl methyl sites for hydroxylation is 1. The summed E-state index contributed by atoms with van der Waals surface area (Å²) < 4.78 is 89.6. The van der Waals surface area contributed by atoms with Crippen molar-refractivity contribution in [1.82, 2.24) is 4.98 Å². The smallest absolute Gasteiger partial charge is 0.255 e. The molecule has 6 nitrogen and oxygen atoms in total. The molecular formula is C18H15F3N2O4S3. The fourth-order valence-corrected chi connectivity index (χ4v) is 5.58. The zero-order valence-electron chi connectivity index (χ0n) is 15.1. The number of thiazole rings is 1. The minimum Gasteiger partial charge on any atom is -0.255 e. The lowest BCUT2D eigenvalue weighted by molar-refractivity contribution is -0.137. The first-order chi connectivity index (χ1) is 14.0. The summed E-state index contributed by atoms with van der Waals surface area (Å²) in [5, 5.41) is 1.78. The van der Waals surface area contributed by atoms with Crippen molar-refractivity contribution in [1.29, 1.82) is 0 Å². The summed E-state index contributed by atoms with van der Waals surface area (Å²) in [5.74, 6) is -0.332. The molecule has 160 valence electrons. The predicted octanol–water partition coefficient (Wildman–Crippen LogP) is 3.98. The van der Waals surface area contributed by atoms with Gasteiger partial charge < -0.3 is 0 Å². The van der Waals surface area contributed by atoms with E-state index in [0.717, 1.165) is 23.5 Å². The lowest BCUT2D eigenvalue weighted by Gasteiger charge is -2.09. The van der Waals surface area contributed by atoms with Crippen LogP contribution in [0.2, 0.25) is 0 Å². The van der Waals surface area contributed by atoms with Crippen LogP contribution in [0.3, 0.4) is 0 Å². The van der Waals surface area contributed by atoms with Crippen molar-refractivity contribution in [3.63, 3.8) is 0 Å². The number of benzene rings is 2. The Balaban J connectivity index is 1.69. The van der Waals surface area contributed by atoms with Crippen LogP contribution in [0.4, 0.5) is 18.3 Å². The van der Waals surface area contributed by atoms with Crippen LogP contribution < -0.4 is 4.72 Å². The van der Waals surface area contributed by atoms with Crippen molar-refractivity contribution < 1.29 is 30.0 Å². The Labute approximate surface area is 175 Å². The fourth-order valence-electron chi connectivity index (χ4n) is 2.50. The quantitative estimate of drug-likeness (QED) is 0.557. The van der Waals surface area contributed by atoms with Gasteiger partial charge >= 0.3 is 6.18 Å². The SMILES string of the molecule is O=S(=O)(CCc1ccc(C(F)(F)F)cc1)c1ccc(S(=O)(=O)Nc2nccs2)cc1. The summed E-state index contributed by atoms with van der Waals surface area (Å²) in [6.07, 6.45) is -3.00. The molecule has 0 fully saturated rings. The first kappa shape index (κ1) is 22.2. The van der Waals surface area contributed by atoms with Gasteiger partial charge in [-0.15, -0.1) is 11.3 Å². The van der Waals surface area contributed by atoms with Crippen molar-refractivity contribution in [3.8, 4) is 0 Å². The molecule has 0 unspecified atom stereocenters. The van der Waals surface area contributed by atoms with Gasteiger partial charge in [0.1, 0.15) is 0 Å². The molecule has 1 N–H and O–H groups in total. The molecule has 0 aliphatic rings. The van der Waals surface area contributed by atoms with Gasteiger partial charge in [0, 0.05) is 11.6 Å². The van der Waals surface area contributed by atoms with E-state index in [0.29, 0.717) is 5.56 Å². The number of aromatic nitrogens is 1. The average molecular weight is 477 g/mol. The Morgan fingerprint density at radius 2 is 1.50 bits per heavy atom. The van der Waals surface area contributed by atoms with E-state index in [9.17, 15) is 30.0 Å². The molecule has 0 amide bonds. The molecule has 0 radical (unpaired) electrons. The third-order valence-electron chi connectivity index (χ3n) is 4.09. The summed E-state index contributed by atoms with van der Waals surface area (Å²) in [4.78, 5) is 3.62. The van der Waals surface area contributed by atoms with E-state index in [1.165, 1.54) is 42.6 Å². The van der Waals surface area contributed by atoms with Crippen molar-refractivity contribution in [2.45, 2.75) is 22.4 Å². The van der Waals surface area contributed by atoms with Crippen LogP contribution >= 0.6 is 11.3 Å². The van der Waals surface area contributed by atoms with Gasteiger partial charge in [0.25, 0.3) is 10.0 Å². The average Bonchev–Trinajstić information content (AvgIpc) is 3.18. The van der Waals surface area contributed by atoms with Crippen molar-refractivity contribution in [2.24, 2.45) is 0 Å². The molecule has 3 rings (SSSR count). The predicted molar refractivity (Wildman–Crippen MR) is 107 cm³/mol. The highest BCUT2D eigenvalue weighted by Gasteiger charge is 2.30. The standard InChI is InChI=1S/C18H15F3N2O4S3/c19-18(20,21)14-3-1-13(2-4-14)9-12-29(24,25)15-5-7-16(8-6-15)30(26,27)23-17-22-10-11-28-17/h1-8,10-11H,9,12H2,(H,22,23). The number of alkyl halides is 3. The van der Waals surface area contributed by atoms with Gasteiger partial charge in [0.05, 0.1) is 21.1 Å². The zero-order valence-corrected chi connectivity index (χ0v) is 17.6. The van der Waals surface area contributed by atoms with Crippen LogP contribution in [-0.4, -0.2) is 27.6 Å². The highest BCUT2D eigenvalue weighted by molar-refractivity contribution is 7.93. The molecule has 0 saturated heterocycles. The van der Waals surface area contributed by atoms with Crippen molar-refractivity contribution in [3.05, 3.63) is 71.2 Å². The normalized spacial score (nSPS) is 12.6. The summed E-state index contributed by atoms with van der Waals surface area (Å²) in [7, 11) is -7.66. The third-order valence-corrected chi connectivity index (χ3v) is 7.99. The minimum atomic E-state index is -4.46. The topological polar surface area (TPSA) is 93.2 Å². The third kappa shape index (κ3) is 5.37. The van der Waals surface area contributed by atoms with E-state index in [1.807, 2.05) is 0 Å². The molecular weight excluding hydrogens is 461 g/mol. The Bertz CT molecular complexity index is 1210. The van der Waals surface area contributed by atoms with Gasteiger partial charge in [-0.2, -0.15) is 13.2 Å². The van der Waals surface area contributed by atoms with Gasteiger partial charge in [0.15, 0.2) is 15.0 Å². The van der Waals surface area contributed by atoms with Gasteiger partial charge in [-0.3, -0.25) is 4.72 Å². The maximum absolute atomic E-state index is 12.6. The van der Waals surface area contributed by atoms with Gasteiger partial charge in [-0.05, 0) is 48.4 Å². The molecule has 3 aromatic rings. The van der Waals surface area contributed by atoms with Gasteiger partial charge in [-0.25, -0.2) is 21.8 Å². The van der Waals surface area contributed by atoms with Crippen LogP contribution in [0.25, 0.3) is 0 Å². The lowest BCUT2D eigenvalue weighted by atomic mass is 10.1. The minimum absolute atomic E-state index is 0.0200. The summed E-state index contributed by atoms with van der Waals surface area (Å²) >= 11 is 1.10. The Morgan fingerprint density at radius 1 is 0.900 bits per heavy atom. The summed E-state index contributed by atoms with van der Waals surface area (Å²) in [6, 6.07) is 8.96. The van der Waals surface area contributed by atoms with Gasteiger partial charge in [-0.1, -0.05) is 12.1 Å². The molecule has 0 aliphatic heterocycles. The van der Waals surface area contributed by atoms with E-state index < -0.39 is 31.6 Å². The Hall–Kier alpha value is -2.44. The fraction of sp³-hybridized carbons (Fsp3) is 0.167. The number of halogens is 3. The maximum atomic E-state index is 12.6. The zero-order chi connectivity index (χ0) is 22.0. The first-order valence-corrected chi connectivity index (χ1v) is 12.4. The number of hydrogen-bond donors (Lipinski definition) is 1. The number of nitrogens with zero attached hydrogens (tertiary/aromatic N) is 1. The van der Waals surface area contributed by atoms with E-state index in [4.69, 9.17) is 0 Å². The second-order valence-electron chi connectivity index (χ2n) is 6.18. The maximum Gasteiger partial charge on any atom is 0.416 e. The summed E-state index contributed by atoms with van der Waals surface area (Å²) in [6.45, 7) is 0.